The van der Waals surface area contributed by atoms with Gasteiger partial charge in [0.1, 0.15) is 29.9 Å². The van der Waals surface area contributed by atoms with E-state index in [1.165, 1.54) is 12.7 Å². The summed E-state index contributed by atoms with van der Waals surface area (Å²) in [5, 5.41) is 34.2. The summed E-state index contributed by atoms with van der Waals surface area (Å²) >= 11 is 0. The number of allylic oxidation sites excluding steroid dienone is 1. The van der Waals surface area contributed by atoms with Gasteiger partial charge in [0, 0.05) is 37.7 Å². The largest absolute Gasteiger partial charge is 0.459 e. The lowest BCUT2D eigenvalue weighted by molar-refractivity contribution is -0.255. The van der Waals surface area contributed by atoms with Gasteiger partial charge < -0.3 is 43.8 Å². The summed E-state index contributed by atoms with van der Waals surface area (Å²) in [4.78, 5) is 21.7. The van der Waals surface area contributed by atoms with Crippen molar-refractivity contribution in [2.75, 3.05) is 53.3 Å². The molecule has 1 saturated carbocycles. The molecule has 1 amide bonds. The Labute approximate surface area is 354 Å². The van der Waals surface area contributed by atoms with Gasteiger partial charge in [0.25, 0.3) is 0 Å². The first-order valence-corrected chi connectivity index (χ1v) is 21.3. The van der Waals surface area contributed by atoms with Crippen LogP contribution >= 0.6 is 0 Å². The molecule has 2 aliphatic carbocycles. The Hall–Kier alpha value is -4.72. The number of oxime groups is 1. The zero-order valence-corrected chi connectivity index (χ0v) is 35.3. The van der Waals surface area contributed by atoms with Gasteiger partial charge in [0.05, 0.1) is 45.2 Å². The SMILES string of the molecule is C=CCOC12Oc3ccc(Oc4ccc(C)c(C)c4)cc3C3C(CCCCO)C(CCCCO)C=C(C(=NOCc4ccccc4)CC1N(CCOCCO)C(=O)OC)C32. The zero-order chi connectivity index (χ0) is 42.5. The number of methoxy groups -OCH3 is 1. The van der Waals surface area contributed by atoms with Crippen LogP contribution < -0.4 is 9.47 Å². The number of hydrogen-bond acceptors (Lipinski definition) is 11. The van der Waals surface area contributed by atoms with Gasteiger partial charge in [-0.25, -0.2) is 4.79 Å². The monoisotopic (exact) mass is 826 g/mol. The normalized spacial score (nSPS) is 23.5. The topological polar surface area (TPSA) is 149 Å². The molecule has 12 heteroatoms. The molecule has 0 aromatic heterocycles. The minimum Gasteiger partial charge on any atom is -0.459 e. The van der Waals surface area contributed by atoms with Crippen LogP contribution in [0.2, 0.25) is 0 Å². The molecule has 0 spiro atoms. The molecule has 0 saturated heterocycles. The second-order valence-corrected chi connectivity index (χ2v) is 15.9. The number of amides is 1. The Morgan fingerprint density at radius 3 is 2.40 bits per heavy atom. The first-order valence-electron chi connectivity index (χ1n) is 21.3. The van der Waals surface area contributed by atoms with Crippen molar-refractivity contribution in [3.05, 3.63) is 113 Å². The van der Waals surface area contributed by atoms with Crippen LogP contribution in [0, 0.1) is 31.6 Å². The van der Waals surface area contributed by atoms with Gasteiger partial charge in [-0.3, -0.25) is 4.90 Å². The van der Waals surface area contributed by atoms with Crippen LogP contribution in [0.4, 0.5) is 4.79 Å². The fraction of sp³-hybridized carbons (Fsp3) is 0.500. The second kappa shape index (κ2) is 21.7. The van der Waals surface area contributed by atoms with Gasteiger partial charge in [0.15, 0.2) is 0 Å². The highest BCUT2D eigenvalue weighted by molar-refractivity contribution is 6.03. The van der Waals surface area contributed by atoms with Crippen molar-refractivity contribution in [3.8, 4) is 17.2 Å². The molecule has 324 valence electrons. The zero-order valence-electron chi connectivity index (χ0n) is 35.3. The van der Waals surface area contributed by atoms with Gasteiger partial charge in [-0.2, -0.15) is 0 Å². The molecule has 3 aromatic carbocycles. The molecule has 3 aromatic rings. The molecule has 1 heterocycles. The number of aliphatic hydroxyl groups is 3. The lowest BCUT2D eigenvalue weighted by Crippen LogP contribution is -2.70. The fourth-order valence-electron chi connectivity index (χ4n) is 9.21. The first-order chi connectivity index (χ1) is 29.3. The van der Waals surface area contributed by atoms with E-state index in [0.717, 1.165) is 53.7 Å². The number of carbonyl (C=O) groups is 1. The van der Waals surface area contributed by atoms with Crippen LogP contribution in [0.5, 0.6) is 17.2 Å². The maximum atomic E-state index is 14.0. The Morgan fingerprint density at radius 1 is 0.933 bits per heavy atom. The highest BCUT2D eigenvalue weighted by Gasteiger charge is 2.65. The predicted octanol–water partition coefficient (Wildman–Crippen LogP) is 8.01. The van der Waals surface area contributed by atoms with Gasteiger partial charge in [0.2, 0.25) is 5.79 Å². The molecule has 3 N–H and O–H groups in total. The van der Waals surface area contributed by atoms with Crippen LogP contribution in [0.15, 0.2) is 96.2 Å². The third kappa shape index (κ3) is 10.2. The Morgan fingerprint density at radius 2 is 1.68 bits per heavy atom. The molecule has 6 rings (SSSR count). The molecule has 0 bridgehead atoms. The highest BCUT2D eigenvalue weighted by atomic mass is 16.7. The Kier molecular flexibility index (Phi) is 16.2. The van der Waals surface area contributed by atoms with E-state index in [2.05, 4.69) is 38.6 Å². The minimum atomic E-state index is -1.46. The third-order valence-electron chi connectivity index (χ3n) is 12.1. The smallest absolute Gasteiger partial charge is 0.410 e. The molecule has 60 heavy (non-hydrogen) atoms. The van der Waals surface area contributed by atoms with E-state index >= 15 is 0 Å². The van der Waals surface area contributed by atoms with Crippen LogP contribution in [0.3, 0.4) is 0 Å². The summed E-state index contributed by atoms with van der Waals surface area (Å²) in [5.74, 6) is -0.0788. The van der Waals surface area contributed by atoms with Gasteiger partial charge >= 0.3 is 6.09 Å². The summed E-state index contributed by atoms with van der Waals surface area (Å²) in [6, 6.07) is 21.0. The lowest BCUT2D eigenvalue weighted by Gasteiger charge is -2.59. The Balaban J connectivity index is 1.57. The quantitative estimate of drug-likeness (QED) is 0.0517. The summed E-state index contributed by atoms with van der Waals surface area (Å²) in [6.45, 7) is 8.89. The Bertz CT molecular complexity index is 1930. The van der Waals surface area contributed by atoms with Crippen LogP contribution in [-0.4, -0.2) is 97.1 Å². The number of carbonyl (C=O) groups excluding carboxylic acids is 1. The van der Waals surface area contributed by atoms with Gasteiger partial charge in [-0.05, 0) is 104 Å². The average Bonchev–Trinajstić information content (AvgIpc) is 3.26. The predicted molar refractivity (Wildman–Crippen MR) is 229 cm³/mol. The third-order valence-corrected chi connectivity index (χ3v) is 12.1. The maximum absolute atomic E-state index is 14.0. The standard InChI is InChI=1S/C48H62N2O10/c1-5-25-57-48-44(50(47(54)55-4)21-26-56-27-24-53)31-42(49-58-32-35-13-7-6-8-14-35)40-29-36(15-9-11-22-51)39(16-10-12-23-52)45(46(40)48)41-30-38(19-20-43(41)60-48)59-37-18-17-33(2)34(3)28-37/h5-8,13-14,17-20,28-30,36,39,44-46,51-53H,1,9-12,15-16,21-27,31-32H2,2-4H3. The number of ether oxygens (including phenoxy) is 5. The number of rotatable bonds is 22. The number of aryl methyl sites for hydroxylation is 2. The fourth-order valence-corrected chi connectivity index (χ4v) is 9.21. The number of aliphatic hydroxyl groups excluding tert-OH is 3. The summed E-state index contributed by atoms with van der Waals surface area (Å²) < 4.78 is 32.0. The van der Waals surface area contributed by atoms with Crippen molar-refractivity contribution in [2.24, 2.45) is 22.9 Å². The van der Waals surface area contributed by atoms with E-state index in [1.807, 2.05) is 54.6 Å². The van der Waals surface area contributed by atoms with Crippen molar-refractivity contribution in [1.29, 1.82) is 0 Å². The van der Waals surface area contributed by atoms with Crippen molar-refractivity contribution in [2.45, 2.75) is 83.1 Å². The van der Waals surface area contributed by atoms with Crippen molar-refractivity contribution >= 4 is 11.8 Å². The minimum absolute atomic E-state index is 0.0416. The van der Waals surface area contributed by atoms with E-state index in [4.69, 9.17) is 33.7 Å². The molecular formula is C48H62N2O10. The first kappa shape index (κ1) is 44.8. The van der Waals surface area contributed by atoms with Crippen molar-refractivity contribution < 1.29 is 48.6 Å². The molecule has 0 radical (unpaired) electrons. The van der Waals surface area contributed by atoms with Crippen LogP contribution in [0.25, 0.3) is 0 Å². The van der Waals surface area contributed by atoms with Gasteiger partial charge in [-0.15, -0.1) is 6.58 Å². The molecule has 6 atom stereocenters. The molecule has 3 aliphatic rings. The molecule has 1 aliphatic heterocycles. The molecule has 6 unspecified atom stereocenters. The maximum Gasteiger partial charge on any atom is 0.410 e. The number of unbranched alkanes of at least 4 members (excludes halogenated alkanes) is 2. The molecular weight excluding hydrogens is 765 g/mol. The highest BCUT2D eigenvalue weighted by Crippen LogP contribution is 2.62. The number of hydrogen-bond donors (Lipinski definition) is 3. The van der Waals surface area contributed by atoms with Crippen LogP contribution in [0.1, 0.15) is 73.1 Å². The van der Waals surface area contributed by atoms with E-state index in [1.54, 1.807) is 11.0 Å². The van der Waals surface area contributed by atoms with Crippen LogP contribution in [-0.2, 0) is 25.7 Å². The number of benzene rings is 3. The molecule has 12 nitrogen and oxygen atoms in total. The second-order valence-electron chi connectivity index (χ2n) is 15.9. The van der Waals surface area contributed by atoms with Crippen molar-refractivity contribution in [1.82, 2.24) is 4.90 Å². The number of fused-ring (bicyclic) bond motifs is 2. The van der Waals surface area contributed by atoms with Gasteiger partial charge in [-0.1, -0.05) is 66.5 Å². The number of nitrogens with zero attached hydrogens (tertiary/aromatic N) is 2. The van der Waals surface area contributed by atoms with E-state index in [9.17, 15) is 20.1 Å². The summed E-state index contributed by atoms with van der Waals surface area (Å²) in [7, 11) is 1.35. The van der Waals surface area contributed by atoms with Crippen molar-refractivity contribution in [3.63, 3.8) is 0 Å². The van der Waals surface area contributed by atoms with E-state index < -0.39 is 23.8 Å². The summed E-state index contributed by atoms with van der Waals surface area (Å²) in [5.41, 5.74) is 5.81. The van der Waals surface area contributed by atoms with E-state index in [-0.39, 0.29) is 77.0 Å². The average molecular weight is 827 g/mol. The lowest BCUT2D eigenvalue weighted by atomic mass is 9.55. The van der Waals surface area contributed by atoms with E-state index in [0.29, 0.717) is 30.1 Å². The summed E-state index contributed by atoms with van der Waals surface area (Å²) in [6.07, 6.45) is 8.17. The molecule has 1 fully saturated rings.